The van der Waals surface area contributed by atoms with Gasteiger partial charge in [0.2, 0.25) is 0 Å². The fourth-order valence-corrected chi connectivity index (χ4v) is 4.28. The van der Waals surface area contributed by atoms with Gasteiger partial charge in [-0.2, -0.15) is 0 Å². The Hall–Kier alpha value is -2.72. The SMILES string of the molecule is Cc1cccc(C)c1Nc1ncnc2scc(-c3ccc(C(C)C)cc3)c12. The van der Waals surface area contributed by atoms with Gasteiger partial charge in [0.15, 0.2) is 0 Å². The maximum atomic E-state index is 4.57. The van der Waals surface area contributed by atoms with Crippen molar-refractivity contribution < 1.29 is 0 Å². The van der Waals surface area contributed by atoms with Crippen molar-refractivity contribution in [2.24, 2.45) is 0 Å². The minimum Gasteiger partial charge on any atom is -0.339 e. The van der Waals surface area contributed by atoms with Crippen LogP contribution in [0.1, 0.15) is 36.5 Å². The minimum atomic E-state index is 0.530. The summed E-state index contributed by atoms with van der Waals surface area (Å²) in [6, 6.07) is 15.1. The van der Waals surface area contributed by atoms with Crippen molar-refractivity contribution >= 4 is 33.1 Å². The molecule has 0 saturated carbocycles. The van der Waals surface area contributed by atoms with Crippen LogP contribution in [0, 0.1) is 13.8 Å². The van der Waals surface area contributed by atoms with E-state index in [9.17, 15) is 0 Å². The van der Waals surface area contributed by atoms with Crippen molar-refractivity contribution in [3.63, 3.8) is 0 Å². The first-order valence-corrected chi connectivity index (χ1v) is 10.1. The van der Waals surface area contributed by atoms with Crippen LogP contribution < -0.4 is 5.32 Å². The normalized spacial score (nSPS) is 11.3. The third-order valence-electron chi connectivity index (χ3n) is 4.98. The Morgan fingerprint density at radius 2 is 1.63 bits per heavy atom. The van der Waals surface area contributed by atoms with Crippen molar-refractivity contribution in [3.8, 4) is 11.1 Å². The first kappa shape index (κ1) is 17.7. The molecule has 0 radical (unpaired) electrons. The number of nitrogens with one attached hydrogen (secondary N) is 1. The van der Waals surface area contributed by atoms with E-state index < -0.39 is 0 Å². The van der Waals surface area contributed by atoms with Crippen molar-refractivity contribution in [3.05, 3.63) is 70.9 Å². The Morgan fingerprint density at radius 1 is 0.926 bits per heavy atom. The lowest BCUT2D eigenvalue weighted by Gasteiger charge is -2.13. The van der Waals surface area contributed by atoms with Gasteiger partial charge in [0, 0.05) is 16.6 Å². The number of nitrogens with zero attached hydrogens (tertiary/aromatic N) is 2. The molecule has 2 aromatic carbocycles. The maximum absolute atomic E-state index is 4.57. The number of benzene rings is 2. The average molecular weight is 374 g/mol. The fraction of sp³-hybridized carbons (Fsp3) is 0.217. The predicted octanol–water partition coefficient (Wildman–Crippen LogP) is 6.84. The Balaban J connectivity index is 1.82. The lowest BCUT2D eigenvalue weighted by molar-refractivity contribution is 0.867. The lowest BCUT2D eigenvalue weighted by atomic mass is 9.99. The second-order valence-electron chi connectivity index (χ2n) is 7.22. The topological polar surface area (TPSA) is 37.8 Å². The number of hydrogen-bond acceptors (Lipinski definition) is 4. The van der Waals surface area contributed by atoms with Crippen molar-refractivity contribution in [1.29, 1.82) is 0 Å². The third kappa shape index (κ3) is 3.33. The van der Waals surface area contributed by atoms with Gasteiger partial charge in [0.25, 0.3) is 0 Å². The van der Waals surface area contributed by atoms with Gasteiger partial charge >= 0.3 is 0 Å². The molecule has 27 heavy (non-hydrogen) atoms. The summed E-state index contributed by atoms with van der Waals surface area (Å²) in [5.74, 6) is 1.39. The second kappa shape index (κ2) is 7.12. The van der Waals surface area contributed by atoms with E-state index in [-0.39, 0.29) is 0 Å². The summed E-state index contributed by atoms with van der Waals surface area (Å²) in [5.41, 5.74) is 7.26. The first-order chi connectivity index (χ1) is 13.0. The summed E-state index contributed by atoms with van der Waals surface area (Å²) in [6.07, 6.45) is 1.64. The molecule has 0 bridgehead atoms. The highest BCUT2D eigenvalue weighted by molar-refractivity contribution is 7.17. The van der Waals surface area contributed by atoms with Gasteiger partial charge in [-0.25, -0.2) is 9.97 Å². The van der Waals surface area contributed by atoms with Crippen LogP contribution in [-0.2, 0) is 0 Å². The molecule has 0 unspecified atom stereocenters. The van der Waals surface area contributed by atoms with Crippen LogP contribution in [0.15, 0.2) is 54.2 Å². The van der Waals surface area contributed by atoms with Crippen LogP contribution in [0.4, 0.5) is 11.5 Å². The van der Waals surface area contributed by atoms with Gasteiger partial charge in [0.05, 0.1) is 5.39 Å². The van der Waals surface area contributed by atoms with E-state index in [1.54, 1.807) is 17.7 Å². The summed E-state index contributed by atoms with van der Waals surface area (Å²) in [7, 11) is 0. The van der Waals surface area contributed by atoms with Gasteiger partial charge in [-0.05, 0) is 42.0 Å². The summed E-state index contributed by atoms with van der Waals surface area (Å²) in [5, 5.41) is 6.83. The number of anilines is 2. The highest BCUT2D eigenvalue weighted by atomic mass is 32.1. The molecule has 2 heterocycles. The Kier molecular flexibility index (Phi) is 4.66. The summed E-state index contributed by atoms with van der Waals surface area (Å²) in [6.45, 7) is 8.67. The van der Waals surface area contributed by atoms with E-state index in [4.69, 9.17) is 0 Å². The van der Waals surface area contributed by atoms with Crippen LogP contribution in [-0.4, -0.2) is 9.97 Å². The van der Waals surface area contributed by atoms with Gasteiger partial charge in [-0.15, -0.1) is 11.3 Å². The highest BCUT2D eigenvalue weighted by Gasteiger charge is 2.15. The van der Waals surface area contributed by atoms with Gasteiger partial charge < -0.3 is 5.32 Å². The van der Waals surface area contributed by atoms with E-state index in [2.05, 4.69) is 90.8 Å². The van der Waals surface area contributed by atoms with Gasteiger partial charge in [-0.1, -0.05) is 56.3 Å². The molecule has 4 rings (SSSR count). The third-order valence-corrected chi connectivity index (χ3v) is 5.87. The van der Waals surface area contributed by atoms with E-state index in [0.29, 0.717) is 5.92 Å². The Labute approximate surface area is 164 Å². The quantitative estimate of drug-likeness (QED) is 0.425. The molecule has 3 nitrogen and oxygen atoms in total. The fourth-order valence-electron chi connectivity index (χ4n) is 3.36. The van der Waals surface area contributed by atoms with Crippen LogP contribution in [0.25, 0.3) is 21.3 Å². The molecular formula is C23H23N3S. The molecule has 0 spiro atoms. The predicted molar refractivity (Wildman–Crippen MR) is 116 cm³/mol. The number of para-hydroxylation sites is 1. The lowest BCUT2D eigenvalue weighted by Crippen LogP contribution is -1.99. The number of aryl methyl sites for hydroxylation is 2. The van der Waals surface area contributed by atoms with Crippen molar-refractivity contribution in [2.45, 2.75) is 33.6 Å². The van der Waals surface area contributed by atoms with Crippen molar-refractivity contribution in [2.75, 3.05) is 5.32 Å². The molecule has 4 aromatic rings. The minimum absolute atomic E-state index is 0.530. The number of rotatable bonds is 4. The van der Waals surface area contributed by atoms with Crippen LogP contribution in [0.5, 0.6) is 0 Å². The van der Waals surface area contributed by atoms with Gasteiger partial charge in [0.1, 0.15) is 17.0 Å². The van der Waals surface area contributed by atoms with E-state index in [1.165, 1.54) is 27.8 Å². The largest absolute Gasteiger partial charge is 0.339 e. The summed E-state index contributed by atoms with van der Waals surface area (Å²) in [4.78, 5) is 10.1. The van der Waals surface area contributed by atoms with Gasteiger partial charge in [-0.3, -0.25) is 0 Å². The molecule has 0 aliphatic heterocycles. The Bertz CT molecular complexity index is 1070. The Morgan fingerprint density at radius 3 is 2.30 bits per heavy atom. The van der Waals surface area contributed by atoms with Crippen LogP contribution in [0.2, 0.25) is 0 Å². The molecule has 0 amide bonds. The molecule has 0 aliphatic carbocycles. The highest BCUT2D eigenvalue weighted by Crippen LogP contribution is 2.38. The van der Waals surface area contributed by atoms with E-state index in [0.717, 1.165) is 21.7 Å². The summed E-state index contributed by atoms with van der Waals surface area (Å²) < 4.78 is 0. The van der Waals surface area contributed by atoms with Crippen molar-refractivity contribution in [1.82, 2.24) is 9.97 Å². The molecule has 0 fully saturated rings. The molecule has 0 saturated heterocycles. The molecular weight excluding hydrogens is 350 g/mol. The molecule has 136 valence electrons. The maximum Gasteiger partial charge on any atom is 0.143 e. The monoisotopic (exact) mass is 373 g/mol. The second-order valence-corrected chi connectivity index (χ2v) is 8.08. The molecule has 0 aliphatic rings. The zero-order valence-corrected chi connectivity index (χ0v) is 16.9. The van der Waals surface area contributed by atoms with Crippen LogP contribution >= 0.6 is 11.3 Å². The first-order valence-electron chi connectivity index (χ1n) is 9.20. The van der Waals surface area contributed by atoms with Crippen LogP contribution in [0.3, 0.4) is 0 Å². The van der Waals surface area contributed by atoms with E-state index >= 15 is 0 Å². The average Bonchev–Trinajstić information content (AvgIpc) is 3.10. The smallest absolute Gasteiger partial charge is 0.143 e. The van der Waals surface area contributed by atoms with E-state index in [1.807, 2.05) is 0 Å². The molecule has 4 heteroatoms. The number of thiophene rings is 1. The zero-order valence-electron chi connectivity index (χ0n) is 16.1. The molecule has 0 atom stereocenters. The molecule has 2 aromatic heterocycles. The molecule has 1 N–H and O–H groups in total. The standard InChI is InChI=1S/C23H23N3S/c1-14(2)17-8-10-18(11-9-17)19-12-27-23-20(19)22(24-13-25-23)26-21-15(3)6-5-7-16(21)4/h5-14H,1-4H3,(H,24,25,26). The number of hydrogen-bond donors (Lipinski definition) is 1. The number of aromatic nitrogens is 2. The zero-order chi connectivity index (χ0) is 19.0. The number of fused-ring (bicyclic) bond motifs is 1. The summed E-state index contributed by atoms with van der Waals surface area (Å²) >= 11 is 1.66.